The number of hydrogen-bond acceptors (Lipinski definition) is 3. The van der Waals surface area contributed by atoms with E-state index in [-0.39, 0.29) is 12.6 Å². The van der Waals surface area contributed by atoms with E-state index >= 15 is 0 Å². The number of unbranched alkanes of at least 4 members (excludes halogenated alkanes) is 15. The molecule has 158 valence electrons. The number of likely N-dealkylation sites (N-methyl/N-ethyl adjacent to an activating group) is 1. The number of aliphatic hydroxyl groups is 1. The van der Waals surface area contributed by atoms with Crippen molar-refractivity contribution in [1.29, 1.82) is 0 Å². The van der Waals surface area contributed by atoms with Crippen molar-refractivity contribution < 1.29 is 9.84 Å². The molecule has 3 nitrogen and oxygen atoms in total. The summed E-state index contributed by atoms with van der Waals surface area (Å²) in [6.07, 6.45) is 22.4. The van der Waals surface area contributed by atoms with Gasteiger partial charge in [-0.1, -0.05) is 110 Å². The predicted octanol–water partition coefficient (Wildman–Crippen LogP) is 6.23. The number of rotatable bonds is 22. The van der Waals surface area contributed by atoms with E-state index in [2.05, 4.69) is 19.2 Å². The van der Waals surface area contributed by atoms with Gasteiger partial charge in [0.2, 0.25) is 0 Å². The molecule has 0 aromatic rings. The fourth-order valence-corrected chi connectivity index (χ4v) is 3.44. The van der Waals surface area contributed by atoms with Crippen LogP contribution in [0.25, 0.3) is 0 Å². The van der Waals surface area contributed by atoms with Crippen molar-refractivity contribution in [3.63, 3.8) is 0 Å². The van der Waals surface area contributed by atoms with Crippen molar-refractivity contribution in [2.45, 2.75) is 123 Å². The Morgan fingerprint density at radius 1 is 0.654 bits per heavy atom. The Hall–Kier alpha value is -0.120. The first-order valence-corrected chi connectivity index (χ1v) is 11.8. The first-order chi connectivity index (χ1) is 12.8. The Morgan fingerprint density at radius 2 is 1.08 bits per heavy atom. The predicted molar refractivity (Wildman–Crippen MR) is 115 cm³/mol. The highest BCUT2D eigenvalue weighted by molar-refractivity contribution is 4.62. The molecule has 0 rings (SSSR count). The number of nitrogens with one attached hydrogen (secondary N) is 1. The van der Waals surface area contributed by atoms with E-state index in [9.17, 15) is 0 Å². The van der Waals surface area contributed by atoms with Crippen LogP contribution < -0.4 is 5.32 Å². The van der Waals surface area contributed by atoms with E-state index < -0.39 is 0 Å². The molecule has 0 bridgehead atoms. The van der Waals surface area contributed by atoms with Gasteiger partial charge in [-0.25, -0.2) is 0 Å². The molecule has 0 aromatic heterocycles. The summed E-state index contributed by atoms with van der Waals surface area (Å²) in [6, 6.07) is 0.0982. The van der Waals surface area contributed by atoms with E-state index in [1.54, 1.807) is 0 Å². The summed E-state index contributed by atoms with van der Waals surface area (Å²) in [5.74, 6) is 0. The molecule has 0 aromatic carbocycles. The Labute approximate surface area is 164 Å². The van der Waals surface area contributed by atoms with Crippen molar-refractivity contribution in [2.24, 2.45) is 0 Å². The third-order valence-electron chi connectivity index (χ3n) is 5.17. The second-order valence-electron chi connectivity index (χ2n) is 7.82. The van der Waals surface area contributed by atoms with Crippen LogP contribution in [-0.4, -0.2) is 37.5 Å². The molecular formula is C23H49NO2. The fourth-order valence-electron chi connectivity index (χ4n) is 3.44. The molecule has 0 spiro atoms. The van der Waals surface area contributed by atoms with Crippen molar-refractivity contribution >= 4 is 0 Å². The van der Waals surface area contributed by atoms with Crippen LogP contribution in [0.5, 0.6) is 0 Å². The molecule has 26 heavy (non-hydrogen) atoms. The highest BCUT2D eigenvalue weighted by atomic mass is 16.5. The highest BCUT2D eigenvalue weighted by Crippen LogP contribution is 2.13. The van der Waals surface area contributed by atoms with Gasteiger partial charge < -0.3 is 15.2 Å². The molecule has 0 aliphatic heterocycles. The van der Waals surface area contributed by atoms with Crippen LogP contribution >= 0.6 is 0 Å². The Bertz CT molecular complexity index is 248. The van der Waals surface area contributed by atoms with Gasteiger partial charge in [-0.05, 0) is 13.0 Å². The molecule has 0 saturated carbocycles. The Kier molecular flexibility index (Phi) is 22.8. The number of aliphatic hydroxyl groups excluding tert-OH is 1. The van der Waals surface area contributed by atoms with E-state index in [1.807, 2.05) is 0 Å². The van der Waals surface area contributed by atoms with Gasteiger partial charge in [0.25, 0.3) is 0 Å². The van der Waals surface area contributed by atoms with Gasteiger partial charge in [-0.3, -0.25) is 0 Å². The van der Waals surface area contributed by atoms with E-state index in [0.29, 0.717) is 6.61 Å². The summed E-state index contributed by atoms with van der Waals surface area (Å²) in [5.41, 5.74) is 0. The quantitative estimate of drug-likeness (QED) is 0.221. The first-order valence-electron chi connectivity index (χ1n) is 11.8. The number of hydrogen-bond donors (Lipinski definition) is 2. The summed E-state index contributed by atoms with van der Waals surface area (Å²) in [7, 11) is 0. The maximum atomic E-state index is 9.16. The molecule has 0 amide bonds. The normalized spacial score (nSPS) is 12.6. The Balaban J connectivity index is 3.07. The second kappa shape index (κ2) is 22.9. The van der Waals surface area contributed by atoms with E-state index in [1.165, 1.54) is 96.3 Å². The molecular weight excluding hydrogens is 322 g/mol. The van der Waals surface area contributed by atoms with Crippen molar-refractivity contribution in [3.8, 4) is 0 Å². The Morgan fingerprint density at radius 3 is 1.46 bits per heavy atom. The van der Waals surface area contributed by atoms with E-state index in [0.717, 1.165) is 19.6 Å². The first kappa shape index (κ1) is 25.9. The molecule has 0 saturated heterocycles. The molecule has 0 radical (unpaired) electrons. The third-order valence-corrected chi connectivity index (χ3v) is 5.17. The van der Waals surface area contributed by atoms with Gasteiger partial charge in [-0.15, -0.1) is 0 Å². The standard InChI is InChI=1S/C23H49NO2/c1-3-5-6-7-8-9-10-11-12-13-14-15-16-17-18-19-20-26-22-23(21-25)24-4-2/h23-25H,3-22H2,1-2H3. The highest BCUT2D eigenvalue weighted by Gasteiger charge is 2.04. The molecule has 1 atom stereocenters. The zero-order valence-electron chi connectivity index (χ0n) is 18.1. The maximum absolute atomic E-state index is 9.16. The molecule has 0 aliphatic carbocycles. The monoisotopic (exact) mass is 371 g/mol. The zero-order chi connectivity index (χ0) is 19.1. The fraction of sp³-hybridized carbons (Fsp3) is 1.00. The summed E-state index contributed by atoms with van der Waals surface area (Å²) in [5, 5.41) is 12.4. The van der Waals surface area contributed by atoms with Crippen LogP contribution in [0.2, 0.25) is 0 Å². The van der Waals surface area contributed by atoms with Gasteiger partial charge in [0, 0.05) is 6.61 Å². The lowest BCUT2D eigenvalue weighted by Gasteiger charge is -2.14. The van der Waals surface area contributed by atoms with Crippen LogP contribution in [-0.2, 0) is 4.74 Å². The SMILES string of the molecule is CCCCCCCCCCCCCCCCCCOCC(CO)NCC. The van der Waals surface area contributed by atoms with Crippen molar-refractivity contribution in [1.82, 2.24) is 5.32 Å². The summed E-state index contributed by atoms with van der Waals surface area (Å²) < 4.78 is 5.64. The summed E-state index contributed by atoms with van der Waals surface area (Å²) >= 11 is 0. The van der Waals surface area contributed by atoms with Gasteiger partial charge in [0.05, 0.1) is 19.3 Å². The average Bonchev–Trinajstić information content (AvgIpc) is 2.66. The molecule has 3 heteroatoms. The molecule has 1 unspecified atom stereocenters. The molecule has 2 N–H and O–H groups in total. The largest absolute Gasteiger partial charge is 0.395 e. The molecule has 0 aliphatic rings. The zero-order valence-corrected chi connectivity index (χ0v) is 18.1. The minimum Gasteiger partial charge on any atom is -0.395 e. The lowest BCUT2D eigenvalue weighted by Crippen LogP contribution is -2.36. The van der Waals surface area contributed by atoms with Crippen LogP contribution in [0.4, 0.5) is 0 Å². The van der Waals surface area contributed by atoms with E-state index in [4.69, 9.17) is 9.84 Å². The second-order valence-corrected chi connectivity index (χ2v) is 7.82. The van der Waals surface area contributed by atoms with Crippen molar-refractivity contribution in [3.05, 3.63) is 0 Å². The lowest BCUT2D eigenvalue weighted by atomic mass is 10.0. The molecule has 0 fully saturated rings. The minimum absolute atomic E-state index is 0.0982. The van der Waals surface area contributed by atoms with Crippen LogP contribution in [0.1, 0.15) is 117 Å². The summed E-state index contributed by atoms with van der Waals surface area (Å²) in [4.78, 5) is 0. The van der Waals surface area contributed by atoms with Crippen molar-refractivity contribution in [2.75, 3.05) is 26.4 Å². The number of ether oxygens (including phenoxy) is 1. The minimum atomic E-state index is 0.0982. The van der Waals surface area contributed by atoms with Crippen LogP contribution in [0.15, 0.2) is 0 Å². The van der Waals surface area contributed by atoms with Crippen LogP contribution in [0, 0.1) is 0 Å². The van der Waals surface area contributed by atoms with Gasteiger partial charge in [0.15, 0.2) is 0 Å². The average molecular weight is 372 g/mol. The molecule has 0 heterocycles. The van der Waals surface area contributed by atoms with Gasteiger partial charge in [0.1, 0.15) is 0 Å². The van der Waals surface area contributed by atoms with Crippen LogP contribution in [0.3, 0.4) is 0 Å². The van der Waals surface area contributed by atoms with Gasteiger partial charge in [-0.2, -0.15) is 0 Å². The summed E-state index contributed by atoms with van der Waals surface area (Å²) in [6.45, 7) is 6.85. The topological polar surface area (TPSA) is 41.5 Å². The van der Waals surface area contributed by atoms with Gasteiger partial charge >= 0.3 is 0 Å². The maximum Gasteiger partial charge on any atom is 0.0642 e. The smallest absolute Gasteiger partial charge is 0.0642 e. The lowest BCUT2D eigenvalue weighted by molar-refractivity contribution is 0.0867. The third kappa shape index (κ3) is 20.2.